The highest BCUT2D eigenvalue weighted by molar-refractivity contribution is 6.01. The molecule has 0 radical (unpaired) electrons. The zero-order valence-electron chi connectivity index (χ0n) is 79.0. The molecule has 0 bridgehead atoms. The lowest BCUT2D eigenvalue weighted by molar-refractivity contribution is -0.139. The summed E-state index contributed by atoms with van der Waals surface area (Å²) >= 11 is 0. The van der Waals surface area contributed by atoms with E-state index < -0.39 is 145 Å². The van der Waals surface area contributed by atoms with E-state index in [0.717, 1.165) is 44.3 Å². The summed E-state index contributed by atoms with van der Waals surface area (Å²) < 4.78 is 156. The number of rotatable bonds is 36. The summed E-state index contributed by atoms with van der Waals surface area (Å²) in [7, 11) is 7.48. The number of carboxylic acid groups (broad SMARTS) is 3. The molecule has 0 spiro atoms. The third-order valence-corrected chi connectivity index (χ3v) is 22.0. The Morgan fingerprint density at radius 3 is 0.919 bits per heavy atom. The number of benzene rings is 12. The molecule has 0 saturated carbocycles. The van der Waals surface area contributed by atoms with E-state index in [9.17, 15) is 112 Å². The summed E-state index contributed by atoms with van der Waals surface area (Å²) in [6.07, 6.45) is -5.90. The monoisotopic (exact) mass is 2040 g/mol. The number of aliphatic carboxylic acids is 3. The molecule has 14 aromatic rings. The molecule has 762 valence electrons. The molecular formula is C107H90F9N11O21. The quantitative estimate of drug-likeness (QED) is 0.0121. The number of methoxy groups -OCH3 is 3. The second kappa shape index (κ2) is 49.3. The fraction of sp³-hybridized carbons (Fsp3) is 0.159. The van der Waals surface area contributed by atoms with Crippen molar-refractivity contribution >= 4 is 94.0 Å². The number of carbonyl (C=O) groups excluding carboxylic acids is 9. The fourth-order valence-electron chi connectivity index (χ4n) is 14.7. The van der Waals surface area contributed by atoms with E-state index in [0.29, 0.717) is 39.1 Å². The molecule has 0 unspecified atom stereocenters. The van der Waals surface area contributed by atoms with Crippen molar-refractivity contribution in [2.75, 3.05) is 75.9 Å². The first kappa shape index (κ1) is 108. The van der Waals surface area contributed by atoms with Crippen molar-refractivity contribution in [1.29, 1.82) is 0 Å². The van der Waals surface area contributed by atoms with Crippen LogP contribution in [0.1, 0.15) is 112 Å². The van der Waals surface area contributed by atoms with Gasteiger partial charge in [0, 0.05) is 104 Å². The van der Waals surface area contributed by atoms with E-state index in [1.165, 1.54) is 167 Å². The van der Waals surface area contributed by atoms with Gasteiger partial charge in [0.2, 0.25) is 17.7 Å². The van der Waals surface area contributed by atoms with Gasteiger partial charge in [-0.15, -0.1) is 0 Å². The van der Waals surface area contributed by atoms with Crippen LogP contribution in [0.5, 0.6) is 34.5 Å². The predicted molar refractivity (Wildman–Crippen MR) is 520 cm³/mol. The Labute approximate surface area is 837 Å². The molecule has 0 fully saturated rings. The number of hydrogen-bond donors (Lipinski definition) is 6. The molecule has 0 saturated heterocycles. The second-order valence-corrected chi connectivity index (χ2v) is 32.7. The number of esters is 3. The van der Waals surface area contributed by atoms with Crippen LogP contribution in [-0.2, 0) is 86.2 Å². The maximum Gasteiger partial charge on any atom is 0.416 e. The number of imidazole rings is 2. The van der Waals surface area contributed by atoms with Crippen LogP contribution in [0.15, 0.2) is 310 Å². The standard InChI is InChI=1S/2C36H29F3N4O7.C35H32F3N3O7/c1-49-30-15-8-26(31(19-30)36(37,38)39)18-32(44)41-27-9-4-24(5-10-27)34(47)43(21-33(45)46)20-23-2-13-29(14-3-23)50-35(48)25-6-11-28(12-7-25)42-17-16-40-22-42;1-49-28-15-10-25(30(19-28)36(37,38)39)18-32(44)41-26-11-8-24(9-12-26)34(47)43(21-33(45)46)20-23-6-13-27(14-7-23)50-35(48)29-4-2-3-5-31(29)42-17-16-40-22-42;1-40(2)27-13-8-24(9-14-27)34(46)48-28-15-4-22(5-16-28)20-41(21-32(43)44)33(45)23-6-11-26(12-7-23)39-31(42)18-25-10-17-29(47-3)19-30(25)35(36,37)38/h2*2-17,19,22H,18,20-21H2,1H3,(H,41,44)(H,45,46);4-17,19H,18,20-21H2,1-3H3,(H,39,42)(H,43,44). The Bertz CT molecular complexity index is 7090. The number of nitrogens with zero attached hydrogens (tertiary/aromatic N) is 8. The molecule has 6 N–H and O–H groups in total. The number of anilines is 4. The minimum atomic E-state index is -4.70. The first-order chi connectivity index (χ1) is 70.5. The van der Waals surface area contributed by atoms with Crippen LogP contribution in [0.4, 0.5) is 62.3 Å². The average molecular weight is 2040 g/mol. The van der Waals surface area contributed by atoms with E-state index in [1.54, 1.807) is 156 Å². The van der Waals surface area contributed by atoms with Crippen molar-refractivity contribution in [3.05, 3.63) is 394 Å². The number of para-hydroxylation sites is 1. The minimum Gasteiger partial charge on any atom is -0.497 e. The molecule has 6 amide bonds. The average Bonchev–Trinajstić information content (AvgIpc) is 0.999. The zero-order valence-corrected chi connectivity index (χ0v) is 79.0. The molecule has 32 nitrogen and oxygen atoms in total. The van der Waals surface area contributed by atoms with Crippen LogP contribution >= 0.6 is 0 Å². The van der Waals surface area contributed by atoms with E-state index in [1.807, 2.05) is 19.0 Å². The number of ether oxygens (including phenoxy) is 6. The zero-order chi connectivity index (χ0) is 107. The fourth-order valence-corrected chi connectivity index (χ4v) is 14.7. The Balaban J connectivity index is 0.000000197. The van der Waals surface area contributed by atoms with Crippen molar-refractivity contribution in [1.82, 2.24) is 33.8 Å². The minimum absolute atomic E-state index is 0.000898. The van der Waals surface area contributed by atoms with Gasteiger partial charge in [0.05, 0.1) is 92.3 Å². The third-order valence-electron chi connectivity index (χ3n) is 22.0. The number of aromatic nitrogens is 4. The number of hydrogen-bond acceptors (Lipinski definition) is 21. The van der Waals surface area contributed by atoms with E-state index >= 15 is 0 Å². The van der Waals surface area contributed by atoms with Crippen LogP contribution in [-0.4, -0.2) is 175 Å². The highest BCUT2D eigenvalue weighted by Crippen LogP contribution is 2.39. The third kappa shape index (κ3) is 30.7. The van der Waals surface area contributed by atoms with Gasteiger partial charge in [-0.25, -0.2) is 24.4 Å². The Morgan fingerprint density at radius 2 is 0.628 bits per heavy atom. The van der Waals surface area contributed by atoms with E-state index in [4.69, 9.17) is 28.4 Å². The number of nitrogens with one attached hydrogen (secondary N) is 3. The van der Waals surface area contributed by atoms with Gasteiger partial charge in [-0.3, -0.25) is 43.2 Å². The number of halogens is 9. The molecule has 12 aromatic carbocycles. The van der Waals surface area contributed by atoms with Crippen LogP contribution in [0.3, 0.4) is 0 Å². The van der Waals surface area contributed by atoms with Gasteiger partial charge in [-0.2, -0.15) is 39.5 Å². The predicted octanol–water partition coefficient (Wildman–Crippen LogP) is 18.0. The largest absolute Gasteiger partial charge is 0.497 e. The lowest BCUT2D eigenvalue weighted by Gasteiger charge is -2.21. The van der Waals surface area contributed by atoms with Gasteiger partial charge in [-0.1, -0.05) is 66.7 Å². The molecule has 41 heteroatoms. The SMILES string of the molecule is COc1ccc(CC(=O)Nc2ccc(C(=O)N(CC(=O)O)Cc3ccc(OC(=O)c4ccc(-n5ccnc5)cc4)cc3)cc2)c(C(F)(F)F)c1.COc1ccc(CC(=O)Nc2ccc(C(=O)N(CC(=O)O)Cc3ccc(OC(=O)c4ccc(N(C)C)cc4)cc3)cc2)c(C(F)(F)F)c1.COc1ccc(CC(=O)Nc2ccc(C(=O)N(CC(=O)O)Cc3ccc(OC(=O)c4ccccc4-n4ccnc4)cc3)cc2)c(C(F)(F)F)c1. The second-order valence-electron chi connectivity index (χ2n) is 32.7. The van der Waals surface area contributed by atoms with Crippen molar-refractivity contribution in [2.24, 2.45) is 0 Å². The molecule has 148 heavy (non-hydrogen) atoms. The lowest BCUT2D eigenvalue weighted by atomic mass is 10.0. The molecule has 2 heterocycles. The van der Waals surface area contributed by atoms with Crippen LogP contribution < -0.4 is 49.3 Å². The van der Waals surface area contributed by atoms with Gasteiger partial charge in [0.1, 0.15) is 54.1 Å². The molecule has 2 aromatic heterocycles. The lowest BCUT2D eigenvalue weighted by Crippen LogP contribution is -2.35. The molecule has 0 aliphatic heterocycles. The number of carbonyl (C=O) groups is 12. The summed E-state index contributed by atoms with van der Waals surface area (Å²) in [5.41, 5.74) is 2.33. The molecular weight excluding hydrogens is 1950 g/mol. The van der Waals surface area contributed by atoms with Crippen molar-refractivity contribution < 1.29 is 141 Å². The van der Waals surface area contributed by atoms with Crippen molar-refractivity contribution in [2.45, 2.75) is 57.4 Å². The van der Waals surface area contributed by atoms with Gasteiger partial charge in [0.25, 0.3) is 17.7 Å². The summed E-state index contributed by atoms with van der Waals surface area (Å²) in [6, 6.07) is 65.7. The smallest absolute Gasteiger partial charge is 0.416 e. The van der Waals surface area contributed by atoms with Gasteiger partial charge in [0.15, 0.2) is 0 Å². The van der Waals surface area contributed by atoms with Crippen LogP contribution in [0, 0.1) is 0 Å². The molecule has 0 aliphatic carbocycles. The van der Waals surface area contributed by atoms with Gasteiger partial charge >= 0.3 is 54.3 Å². The number of alkyl halides is 9. The summed E-state index contributed by atoms with van der Waals surface area (Å²) in [5.74, 6) is -8.73. The van der Waals surface area contributed by atoms with Crippen LogP contribution in [0.25, 0.3) is 11.4 Å². The number of carboxylic acids is 3. The normalized spacial score (nSPS) is 11.0. The maximum atomic E-state index is 13.5. The first-order valence-corrected chi connectivity index (χ1v) is 44.4. The summed E-state index contributed by atoms with van der Waals surface area (Å²) in [6.45, 7) is -2.11. The van der Waals surface area contributed by atoms with E-state index in [-0.39, 0.29) is 105 Å². The van der Waals surface area contributed by atoms with Gasteiger partial charge in [-0.05, 0) is 240 Å². The highest BCUT2D eigenvalue weighted by atomic mass is 19.4. The number of amides is 6. The molecule has 0 atom stereocenters. The highest BCUT2D eigenvalue weighted by Gasteiger charge is 2.38. The first-order valence-electron chi connectivity index (χ1n) is 44.4. The van der Waals surface area contributed by atoms with Crippen LogP contribution in [0.2, 0.25) is 0 Å². The van der Waals surface area contributed by atoms with Crippen molar-refractivity contribution in [3.63, 3.8) is 0 Å². The maximum absolute atomic E-state index is 13.5. The van der Waals surface area contributed by atoms with Gasteiger partial charge < -0.3 is 88.4 Å². The Kier molecular flexibility index (Phi) is 36.0. The topological polar surface area (TPSA) is 406 Å². The Morgan fingerprint density at radius 1 is 0.338 bits per heavy atom. The molecule has 0 aliphatic rings. The Hall–Kier alpha value is -18.7. The summed E-state index contributed by atoms with van der Waals surface area (Å²) in [4.78, 5) is 164. The summed E-state index contributed by atoms with van der Waals surface area (Å²) in [5, 5.41) is 35.9. The molecule has 14 rings (SSSR count). The van der Waals surface area contributed by atoms with Crippen molar-refractivity contribution in [3.8, 4) is 45.9 Å². The van der Waals surface area contributed by atoms with E-state index in [2.05, 4.69) is 25.9 Å².